The summed E-state index contributed by atoms with van der Waals surface area (Å²) >= 11 is 0. The molecular weight excluding hydrogens is 392 g/mol. The van der Waals surface area contributed by atoms with Crippen LogP contribution in [-0.2, 0) is 6.42 Å². The fourth-order valence-electron chi connectivity index (χ4n) is 3.07. The van der Waals surface area contributed by atoms with Gasteiger partial charge in [0.2, 0.25) is 0 Å². The van der Waals surface area contributed by atoms with Crippen molar-refractivity contribution in [2.75, 3.05) is 33.4 Å². The van der Waals surface area contributed by atoms with E-state index in [2.05, 4.69) is 18.3 Å². The number of rotatable bonds is 15. The Morgan fingerprint density at radius 2 is 1.81 bits per heavy atom. The van der Waals surface area contributed by atoms with Gasteiger partial charge in [-0.15, -0.1) is 0 Å². The van der Waals surface area contributed by atoms with Gasteiger partial charge in [-0.3, -0.25) is 0 Å². The molecule has 6 heteroatoms. The van der Waals surface area contributed by atoms with Crippen molar-refractivity contribution in [3.8, 4) is 23.3 Å². The van der Waals surface area contributed by atoms with E-state index in [1.165, 1.54) is 18.4 Å². The van der Waals surface area contributed by atoms with Gasteiger partial charge >= 0.3 is 0 Å². The highest BCUT2D eigenvalue weighted by Crippen LogP contribution is 2.24. The van der Waals surface area contributed by atoms with E-state index in [4.69, 9.17) is 14.2 Å². The van der Waals surface area contributed by atoms with Crippen molar-refractivity contribution in [2.45, 2.75) is 45.1 Å². The van der Waals surface area contributed by atoms with Gasteiger partial charge in [0, 0.05) is 12.6 Å². The quantitative estimate of drug-likeness (QED) is 0.417. The van der Waals surface area contributed by atoms with E-state index in [0.29, 0.717) is 30.2 Å². The van der Waals surface area contributed by atoms with Crippen molar-refractivity contribution < 1.29 is 19.3 Å². The van der Waals surface area contributed by atoms with Gasteiger partial charge in [-0.2, -0.15) is 5.26 Å². The average molecular weight is 427 g/mol. The van der Waals surface area contributed by atoms with Gasteiger partial charge in [-0.05, 0) is 49.2 Å². The summed E-state index contributed by atoms with van der Waals surface area (Å²) in [5.74, 6) is 1.96. The van der Waals surface area contributed by atoms with Crippen molar-refractivity contribution in [2.24, 2.45) is 0 Å². The molecule has 0 bridgehead atoms. The molecule has 0 heterocycles. The lowest BCUT2D eigenvalue weighted by Gasteiger charge is -2.15. The van der Waals surface area contributed by atoms with Crippen molar-refractivity contribution in [3.63, 3.8) is 0 Å². The molecule has 168 valence electrons. The highest BCUT2D eigenvalue weighted by atomic mass is 16.5. The Hall–Kier alpha value is -2.75. The van der Waals surface area contributed by atoms with E-state index in [0.717, 1.165) is 31.6 Å². The summed E-state index contributed by atoms with van der Waals surface area (Å²) in [4.78, 5) is 0. The van der Waals surface area contributed by atoms with Crippen LogP contribution < -0.4 is 19.5 Å². The van der Waals surface area contributed by atoms with Crippen molar-refractivity contribution in [3.05, 3.63) is 53.6 Å². The fraction of sp³-hybridized carbons (Fsp3) is 0.480. The second-order valence-electron chi connectivity index (χ2n) is 7.45. The van der Waals surface area contributed by atoms with Gasteiger partial charge < -0.3 is 24.6 Å². The molecule has 0 saturated heterocycles. The minimum Gasteiger partial charge on any atom is -0.497 e. The third kappa shape index (κ3) is 9.29. The molecule has 0 saturated carbocycles. The third-order valence-electron chi connectivity index (χ3n) is 4.90. The molecule has 0 amide bonds. The predicted molar refractivity (Wildman–Crippen MR) is 122 cm³/mol. The molecule has 0 aromatic heterocycles. The third-order valence-corrected chi connectivity index (χ3v) is 4.90. The SMILES string of the molecule is CCCCCCOc1ccc(OCC(O)CNCCc2ccc(OC)cc2)c(C#N)c1. The molecule has 1 atom stereocenters. The molecule has 0 aliphatic heterocycles. The molecule has 0 aliphatic carbocycles. The zero-order valence-corrected chi connectivity index (χ0v) is 18.6. The topological polar surface area (TPSA) is 83.7 Å². The zero-order chi connectivity index (χ0) is 22.3. The van der Waals surface area contributed by atoms with Gasteiger partial charge in [-0.25, -0.2) is 0 Å². The Balaban J connectivity index is 1.68. The Kier molecular flexibility index (Phi) is 11.3. The summed E-state index contributed by atoms with van der Waals surface area (Å²) in [5, 5.41) is 22.8. The Morgan fingerprint density at radius 1 is 1.03 bits per heavy atom. The molecular formula is C25H34N2O4. The lowest BCUT2D eigenvalue weighted by molar-refractivity contribution is 0.106. The minimum absolute atomic E-state index is 0.113. The number of nitrogens with zero attached hydrogens (tertiary/aromatic N) is 1. The van der Waals surface area contributed by atoms with Crippen molar-refractivity contribution in [1.29, 1.82) is 5.26 Å². The van der Waals surface area contributed by atoms with Crippen molar-refractivity contribution >= 4 is 0 Å². The first kappa shape index (κ1) is 24.5. The summed E-state index contributed by atoms with van der Waals surface area (Å²) in [6, 6.07) is 15.3. The van der Waals surface area contributed by atoms with Crippen LogP contribution >= 0.6 is 0 Å². The van der Waals surface area contributed by atoms with E-state index in [1.807, 2.05) is 24.3 Å². The van der Waals surface area contributed by atoms with Crippen LogP contribution in [0.2, 0.25) is 0 Å². The Bertz CT molecular complexity index is 802. The largest absolute Gasteiger partial charge is 0.497 e. The predicted octanol–water partition coefficient (Wildman–Crippen LogP) is 4.10. The van der Waals surface area contributed by atoms with E-state index < -0.39 is 6.10 Å². The maximum atomic E-state index is 10.2. The molecule has 1 unspecified atom stereocenters. The number of nitrogens with one attached hydrogen (secondary N) is 1. The maximum absolute atomic E-state index is 10.2. The number of aliphatic hydroxyl groups excluding tert-OH is 1. The van der Waals surface area contributed by atoms with Crippen LogP contribution in [0.25, 0.3) is 0 Å². The lowest BCUT2D eigenvalue weighted by atomic mass is 10.1. The first-order valence-electron chi connectivity index (χ1n) is 11.0. The molecule has 2 aromatic carbocycles. The smallest absolute Gasteiger partial charge is 0.137 e. The molecule has 6 nitrogen and oxygen atoms in total. The standard InChI is InChI=1S/C25H34N2O4/c1-3-4-5-6-15-30-24-11-12-25(21(16-24)17-26)31-19-22(28)18-27-14-13-20-7-9-23(29-2)10-8-20/h7-12,16,22,27-28H,3-6,13-15,18-19H2,1-2H3. The maximum Gasteiger partial charge on any atom is 0.137 e. The zero-order valence-electron chi connectivity index (χ0n) is 18.6. The van der Waals surface area contributed by atoms with Crippen LogP contribution in [0.4, 0.5) is 0 Å². The second kappa shape index (κ2) is 14.3. The first-order chi connectivity index (χ1) is 15.2. The van der Waals surface area contributed by atoms with Crippen LogP contribution in [0, 0.1) is 11.3 Å². The molecule has 0 fully saturated rings. The highest BCUT2D eigenvalue weighted by Gasteiger charge is 2.10. The minimum atomic E-state index is -0.670. The van der Waals surface area contributed by atoms with Crippen LogP contribution in [0.15, 0.2) is 42.5 Å². The molecule has 0 radical (unpaired) electrons. The molecule has 2 N–H and O–H groups in total. The first-order valence-corrected chi connectivity index (χ1v) is 11.0. The van der Waals surface area contributed by atoms with Gasteiger partial charge in [0.25, 0.3) is 0 Å². The van der Waals surface area contributed by atoms with Crippen LogP contribution in [-0.4, -0.2) is 44.6 Å². The molecule has 2 rings (SSSR count). The summed E-state index contributed by atoms with van der Waals surface area (Å²) in [5.41, 5.74) is 1.61. The molecule has 0 aliphatic rings. The van der Waals surface area contributed by atoms with Gasteiger partial charge in [0.15, 0.2) is 0 Å². The number of methoxy groups -OCH3 is 1. The van der Waals surface area contributed by atoms with E-state index in [-0.39, 0.29) is 6.61 Å². The summed E-state index contributed by atoms with van der Waals surface area (Å²) in [6.45, 7) is 4.09. The van der Waals surface area contributed by atoms with E-state index in [9.17, 15) is 10.4 Å². The Labute approximate surface area is 185 Å². The average Bonchev–Trinajstić information content (AvgIpc) is 2.81. The van der Waals surface area contributed by atoms with Crippen molar-refractivity contribution in [1.82, 2.24) is 5.32 Å². The lowest BCUT2D eigenvalue weighted by Crippen LogP contribution is -2.32. The number of hydrogen-bond donors (Lipinski definition) is 2. The fourth-order valence-corrected chi connectivity index (χ4v) is 3.07. The van der Waals surface area contributed by atoms with Gasteiger partial charge in [0.05, 0.1) is 19.3 Å². The number of aliphatic hydroxyl groups is 1. The van der Waals surface area contributed by atoms with Gasteiger partial charge in [0.1, 0.15) is 36.0 Å². The van der Waals surface area contributed by atoms with Crippen LogP contribution in [0.3, 0.4) is 0 Å². The number of ether oxygens (including phenoxy) is 3. The normalized spacial score (nSPS) is 11.5. The summed E-state index contributed by atoms with van der Waals surface area (Å²) in [6.07, 6.45) is 4.74. The van der Waals surface area contributed by atoms with Gasteiger partial charge in [-0.1, -0.05) is 38.3 Å². The monoisotopic (exact) mass is 426 g/mol. The number of nitriles is 1. The number of unbranched alkanes of at least 4 members (excludes halogenated alkanes) is 3. The molecule has 31 heavy (non-hydrogen) atoms. The Morgan fingerprint density at radius 3 is 2.52 bits per heavy atom. The highest BCUT2D eigenvalue weighted by molar-refractivity contribution is 5.47. The molecule has 0 spiro atoms. The van der Waals surface area contributed by atoms with E-state index >= 15 is 0 Å². The van der Waals surface area contributed by atoms with Crippen LogP contribution in [0.5, 0.6) is 17.2 Å². The number of benzene rings is 2. The van der Waals surface area contributed by atoms with Crippen LogP contribution in [0.1, 0.15) is 43.7 Å². The second-order valence-corrected chi connectivity index (χ2v) is 7.45. The summed E-state index contributed by atoms with van der Waals surface area (Å²) in [7, 11) is 1.65. The van der Waals surface area contributed by atoms with E-state index in [1.54, 1.807) is 25.3 Å². The molecule has 2 aromatic rings. The summed E-state index contributed by atoms with van der Waals surface area (Å²) < 4.78 is 16.5. The number of hydrogen-bond acceptors (Lipinski definition) is 6.